The van der Waals surface area contributed by atoms with Crippen LogP contribution in [0.3, 0.4) is 0 Å². The third-order valence-corrected chi connectivity index (χ3v) is 13.0. The van der Waals surface area contributed by atoms with Crippen LogP contribution in [0, 0.1) is 5.92 Å². The number of aromatic nitrogens is 3. The van der Waals surface area contributed by atoms with Crippen LogP contribution in [0.5, 0.6) is 0 Å². The molecule has 1 saturated heterocycles. The summed E-state index contributed by atoms with van der Waals surface area (Å²) in [6.45, 7) is 16.1. The van der Waals surface area contributed by atoms with Crippen LogP contribution in [-0.2, 0) is 32.5 Å². The summed E-state index contributed by atoms with van der Waals surface area (Å²) < 4.78 is 21.6. The molecule has 4 rings (SSSR count). The van der Waals surface area contributed by atoms with E-state index in [1.165, 1.54) is 0 Å². The van der Waals surface area contributed by atoms with E-state index in [1.807, 2.05) is 19.9 Å². The summed E-state index contributed by atoms with van der Waals surface area (Å²) in [6, 6.07) is 2.08. The van der Waals surface area contributed by atoms with Crippen LogP contribution in [0.25, 0.3) is 11.0 Å². The second-order valence-corrected chi connectivity index (χ2v) is 17.9. The first-order valence-corrected chi connectivity index (χ1v) is 18.4. The van der Waals surface area contributed by atoms with Crippen molar-refractivity contribution in [1.29, 1.82) is 0 Å². The van der Waals surface area contributed by atoms with Gasteiger partial charge in [-0.3, -0.25) is 0 Å². The Balaban J connectivity index is 0.00000306. The topological polar surface area (TPSA) is 70.4 Å². The van der Waals surface area contributed by atoms with Crippen molar-refractivity contribution in [2.45, 2.75) is 83.2 Å². The number of ether oxygens (including phenoxy) is 2. The van der Waals surface area contributed by atoms with Gasteiger partial charge in [0.25, 0.3) is 0 Å². The summed E-state index contributed by atoms with van der Waals surface area (Å²) in [5, 5.41) is 4.67. The molecule has 2 fully saturated rings. The van der Waals surface area contributed by atoms with Gasteiger partial charge in [-0.05, 0) is 66.5 Å². The van der Waals surface area contributed by atoms with E-state index in [9.17, 15) is 0 Å². The van der Waals surface area contributed by atoms with Crippen molar-refractivity contribution in [3.05, 3.63) is 17.4 Å². The number of halogens is 2. The molecule has 2 aromatic rings. The van der Waals surface area contributed by atoms with Gasteiger partial charge in [-0.1, -0.05) is 32.4 Å². The van der Waals surface area contributed by atoms with Gasteiger partial charge >= 0.3 is 0 Å². The molecule has 3 heterocycles. The molecule has 5 unspecified atom stereocenters. The van der Waals surface area contributed by atoms with Crippen LogP contribution in [-0.4, -0.2) is 47.5 Å². The van der Waals surface area contributed by atoms with Gasteiger partial charge in [-0.15, -0.1) is 0 Å². The van der Waals surface area contributed by atoms with Crippen molar-refractivity contribution in [2.24, 2.45) is 5.92 Å². The van der Waals surface area contributed by atoms with Crippen molar-refractivity contribution in [2.75, 3.05) is 11.7 Å². The monoisotopic (exact) mass is 661 g/mol. The molecule has 0 bridgehead atoms. The van der Waals surface area contributed by atoms with Crippen LogP contribution < -0.4 is 5.09 Å². The average Bonchev–Trinajstić information content (AvgIpc) is 3.30. The largest absolute Gasteiger partial charge is 0.416 e. The minimum Gasteiger partial charge on any atom is -0.416 e. The van der Waals surface area contributed by atoms with Crippen LogP contribution >= 0.6 is 40.0 Å². The van der Waals surface area contributed by atoms with Gasteiger partial charge in [0.05, 0.1) is 17.5 Å². The summed E-state index contributed by atoms with van der Waals surface area (Å²) >= 11 is 8.73. The van der Waals surface area contributed by atoms with Gasteiger partial charge in [0, 0.05) is 43.7 Å². The van der Waals surface area contributed by atoms with Gasteiger partial charge in [0.1, 0.15) is 16.9 Å². The summed E-state index contributed by atoms with van der Waals surface area (Å²) in [5.41, 5.74) is 0.824. The Labute approximate surface area is 229 Å². The Bertz CT molecular complexity index is 1010. The first-order chi connectivity index (χ1) is 14.8. The average molecular weight is 662 g/mol. The van der Waals surface area contributed by atoms with E-state index >= 15 is 0 Å². The smallest absolute Gasteiger partial charge is 0.229 e. The Morgan fingerprint density at radius 1 is 1.30 bits per heavy atom. The summed E-state index contributed by atoms with van der Waals surface area (Å²) in [6.07, 6.45) is 3.34. The zero-order chi connectivity index (χ0) is 23.5. The maximum Gasteiger partial charge on any atom is 0.229 e. The molecule has 5 atom stereocenters. The number of nitrogens with one attached hydrogen (secondary N) is 1. The minimum atomic E-state index is -1.86. The van der Waals surface area contributed by atoms with Crippen molar-refractivity contribution in [1.82, 2.24) is 14.5 Å². The molecule has 183 valence electrons. The fourth-order valence-corrected chi connectivity index (χ4v) is 6.60. The Morgan fingerprint density at radius 2 is 1.97 bits per heavy atom. The molecule has 1 aliphatic heterocycles. The van der Waals surface area contributed by atoms with E-state index in [1.54, 1.807) is 0 Å². The van der Waals surface area contributed by atoms with Gasteiger partial charge in [-0.2, -0.15) is 4.98 Å². The predicted molar refractivity (Wildman–Crippen MR) is 143 cm³/mol. The maximum atomic E-state index is 6.61. The van der Waals surface area contributed by atoms with Crippen molar-refractivity contribution in [3.63, 3.8) is 0 Å². The molecule has 1 N–H and O–H groups in total. The molecule has 2 aromatic heterocycles. The van der Waals surface area contributed by atoms with E-state index in [4.69, 9.17) is 30.5 Å². The first kappa shape index (κ1) is 28.1. The summed E-state index contributed by atoms with van der Waals surface area (Å²) in [5.74, 6) is 0.184. The SMILES string of the molecule is CC1(C)OC2C(CO[Si](C)(C)C(C)(C)C)CC(n3ccc4c(Cl)nc(NPI)nc43)C2O1.[V]. The van der Waals surface area contributed by atoms with Gasteiger partial charge in [0.2, 0.25) is 5.95 Å². The first-order valence-electron chi connectivity index (χ1n) is 11.0. The zero-order valence-corrected chi connectivity index (χ0v) is 26.5. The molecule has 0 spiro atoms. The number of rotatable bonds is 6. The van der Waals surface area contributed by atoms with Crippen LogP contribution in [0.15, 0.2) is 12.3 Å². The number of anilines is 1. The summed E-state index contributed by atoms with van der Waals surface area (Å²) in [7, 11) is -1.86. The Morgan fingerprint density at radius 3 is 2.61 bits per heavy atom. The second-order valence-electron chi connectivity index (χ2n) is 10.7. The van der Waals surface area contributed by atoms with E-state index in [2.05, 4.69) is 76.7 Å². The van der Waals surface area contributed by atoms with Crippen LogP contribution in [0.1, 0.15) is 47.1 Å². The third kappa shape index (κ3) is 5.62. The zero-order valence-electron chi connectivity index (χ0n) is 20.1. The molecular weight excluding hydrogens is 629 g/mol. The second kappa shape index (κ2) is 10.1. The van der Waals surface area contributed by atoms with Crippen LogP contribution in [0.2, 0.25) is 23.3 Å². The van der Waals surface area contributed by atoms with Gasteiger partial charge in [-0.25, -0.2) is 4.98 Å². The van der Waals surface area contributed by atoms with E-state index in [-0.39, 0.29) is 47.8 Å². The molecule has 0 amide bonds. The van der Waals surface area contributed by atoms with Gasteiger partial charge < -0.3 is 23.6 Å². The minimum absolute atomic E-state index is 0. The number of hydrogen-bond acceptors (Lipinski definition) is 6. The molecule has 0 aromatic carbocycles. The molecule has 33 heavy (non-hydrogen) atoms. The maximum absolute atomic E-state index is 6.61. The van der Waals surface area contributed by atoms with Crippen molar-refractivity contribution in [3.8, 4) is 0 Å². The van der Waals surface area contributed by atoms with Crippen molar-refractivity contribution < 1.29 is 32.5 Å². The number of fused-ring (bicyclic) bond motifs is 2. The molecule has 1 aliphatic carbocycles. The Hall–Kier alpha value is 0.551. The molecule has 7 nitrogen and oxygen atoms in total. The number of nitrogens with zero attached hydrogens (tertiary/aromatic N) is 3. The van der Waals surface area contributed by atoms with E-state index in [0.717, 1.165) is 17.5 Å². The van der Waals surface area contributed by atoms with Gasteiger partial charge in [0.15, 0.2) is 14.1 Å². The molecular formula is C21H33ClIN4O3PSiV. The summed E-state index contributed by atoms with van der Waals surface area (Å²) in [4.78, 5) is 9.14. The van der Waals surface area contributed by atoms with Crippen LogP contribution in [0.4, 0.5) is 5.95 Å². The van der Waals surface area contributed by atoms with Crippen molar-refractivity contribution >= 4 is 65.3 Å². The molecule has 12 heteroatoms. The quantitative estimate of drug-likeness (QED) is 0.164. The molecule has 1 saturated carbocycles. The van der Waals surface area contributed by atoms with E-state index < -0.39 is 14.1 Å². The molecule has 2 aliphatic rings. The third-order valence-electron chi connectivity index (χ3n) is 7.06. The standard InChI is InChI=1S/C21H33ClIN4O3PSi.V/c1-20(2,3)32(6,7)28-11-12-10-14(16-15(12)29-21(4,5)30-16)27-9-8-13-17(22)24-19(26-31-23)25-18(13)27;/h8-9,12,14-16,31H,10-11H2,1-7H3,(H,24,25,26);. The normalized spacial score (nSPS) is 27.3. The fraction of sp³-hybridized carbons (Fsp3) is 0.714. The number of hydrogen-bond donors (Lipinski definition) is 1. The molecule has 1 radical (unpaired) electrons. The Kier molecular flexibility index (Phi) is 8.64. The fourth-order valence-electron chi connectivity index (χ4n) is 4.39. The van der Waals surface area contributed by atoms with E-state index in [0.29, 0.717) is 24.1 Å². The predicted octanol–water partition coefficient (Wildman–Crippen LogP) is 6.54.